The fraction of sp³-hybridized carbons (Fsp3) is 0.222. The third-order valence-electron chi connectivity index (χ3n) is 6.13. The minimum absolute atomic E-state index is 0.105. The normalized spacial score (nSPS) is 13.5. The van der Waals surface area contributed by atoms with Gasteiger partial charge in [-0.3, -0.25) is 9.59 Å². The number of nitrogens with one attached hydrogen (secondary N) is 1. The molecule has 0 atom stereocenters. The number of amides is 2. The zero-order chi connectivity index (χ0) is 23.7. The van der Waals surface area contributed by atoms with Gasteiger partial charge in [0, 0.05) is 24.3 Å². The molecule has 0 spiro atoms. The third-order valence-corrected chi connectivity index (χ3v) is 6.13. The molecule has 1 aliphatic rings. The van der Waals surface area contributed by atoms with Crippen LogP contribution in [0, 0.1) is 13.8 Å². The largest absolute Gasteiger partial charge is 0.488 e. The topological polar surface area (TPSA) is 84.7 Å². The molecule has 7 heteroatoms. The van der Waals surface area contributed by atoms with Crippen LogP contribution in [0.3, 0.4) is 0 Å². The lowest BCUT2D eigenvalue weighted by atomic mass is 10.0. The highest BCUT2D eigenvalue weighted by atomic mass is 16.5. The van der Waals surface area contributed by atoms with Gasteiger partial charge in [-0.05, 0) is 61.4 Å². The zero-order valence-corrected chi connectivity index (χ0v) is 19.1. The number of carbonyl (C=O) groups is 2. The molecule has 1 N–H and O–H groups in total. The quantitative estimate of drug-likeness (QED) is 0.421. The lowest BCUT2D eigenvalue weighted by Gasteiger charge is -2.17. The van der Waals surface area contributed by atoms with Crippen LogP contribution in [-0.2, 0) is 11.4 Å². The van der Waals surface area contributed by atoms with Crippen LogP contribution in [0.1, 0.15) is 40.2 Å². The van der Waals surface area contributed by atoms with Crippen LogP contribution in [0.4, 0.5) is 11.4 Å². The maximum Gasteiger partial charge on any atom is 0.259 e. The molecule has 0 saturated carbocycles. The van der Waals surface area contributed by atoms with Crippen molar-refractivity contribution in [3.8, 4) is 5.75 Å². The van der Waals surface area contributed by atoms with E-state index in [1.54, 1.807) is 4.90 Å². The van der Waals surface area contributed by atoms with Gasteiger partial charge in [-0.1, -0.05) is 35.5 Å². The Morgan fingerprint density at radius 2 is 1.88 bits per heavy atom. The molecule has 4 aromatic rings. The molecule has 1 fully saturated rings. The van der Waals surface area contributed by atoms with E-state index in [0.717, 1.165) is 34.1 Å². The lowest BCUT2D eigenvalue weighted by molar-refractivity contribution is -0.117. The summed E-state index contributed by atoms with van der Waals surface area (Å²) < 4.78 is 11.3. The summed E-state index contributed by atoms with van der Waals surface area (Å²) in [6.45, 7) is 4.64. The molecule has 3 aromatic carbocycles. The van der Waals surface area contributed by atoms with Crippen LogP contribution < -0.4 is 15.0 Å². The van der Waals surface area contributed by atoms with Gasteiger partial charge in [-0.25, -0.2) is 0 Å². The molecular weight excluding hydrogens is 430 g/mol. The Bertz CT molecular complexity index is 1370. The monoisotopic (exact) mass is 455 g/mol. The Labute approximate surface area is 197 Å². The van der Waals surface area contributed by atoms with Crippen LogP contribution >= 0.6 is 0 Å². The molecule has 34 heavy (non-hydrogen) atoms. The summed E-state index contributed by atoms with van der Waals surface area (Å²) in [5, 5.41) is 8.86. The minimum atomic E-state index is -0.288. The minimum Gasteiger partial charge on any atom is -0.488 e. The maximum absolute atomic E-state index is 13.4. The van der Waals surface area contributed by atoms with Crippen LogP contribution in [0.2, 0.25) is 0 Å². The molecule has 1 aliphatic heterocycles. The highest BCUT2D eigenvalue weighted by Crippen LogP contribution is 2.30. The van der Waals surface area contributed by atoms with Crippen molar-refractivity contribution in [3.05, 3.63) is 83.2 Å². The second-order valence-corrected chi connectivity index (χ2v) is 8.44. The summed E-state index contributed by atoms with van der Waals surface area (Å²) >= 11 is 0. The van der Waals surface area contributed by atoms with E-state index < -0.39 is 0 Å². The Hall–Kier alpha value is -4.13. The molecule has 0 radical (unpaired) electrons. The van der Waals surface area contributed by atoms with Crippen molar-refractivity contribution < 1.29 is 18.8 Å². The van der Waals surface area contributed by atoms with E-state index in [0.29, 0.717) is 35.7 Å². The van der Waals surface area contributed by atoms with Crippen molar-refractivity contribution in [2.75, 3.05) is 16.8 Å². The van der Waals surface area contributed by atoms with Crippen molar-refractivity contribution >= 4 is 34.0 Å². The number of hydrogen-bond donors (Lipinski definition) is 1. The van der Waals surface area contributed by atoms with Gasteiger partial charge in [0.2, 0.25) is 5.91 Å². The van der Waals surface area contributed by atoms with Gasteiger partial charge >= 0.3 is 0 Å². The van der Waals surface area contributed by atoms with E-state index in [4.69, 9.17) is 9.26 Å². The summed E-state index contributed by atoms with van der Waals surface area (Å²) in [6.07, 6.45) is 1.40. The van der Waals surface area contributed by atoms with E-state index in [1.807, 2.05) is 74.5 Å². The van der Waals surface area contributed by atoms with E-state index >= 15 is 0 Å². The first kappa shape index (κ1) is 21.7. The van der Waals surface area contributed by atoms with Crippen LogP contribution in [0.5, 0.6) is 5.75 Å². The number of ether oxygens (including phenoxy) is 1. The number of hydrogen-bond acceptors (Lipinski definition) is 5. The molecule has 1 saturated heterocycles. The predicted molar refractivity (Wildman–Crippen MR) is 130 cm³/mol. The Balaban J connectivity index is 1.44. The number of benzene rings is 3. The number of nitrogens with zero attached hydrogens (tertiary/aromatic N) is 2. The molecule has 7 nitrogen and oxygen atoms in total. The Morgan fingerprint density at radius 3 is 2.59 bits per heavy atom. The van der Waals surface area contributed by atoms with Gasteiger partial charge in [0.15, 0.2) is 0 Å². The Morgan fingerprint density at radius 1 is 1.09 bits per heavy atom. The number of anilines is 2. The van der Waals surface area contributed by atoms with E-state index in [2.05, 4.69) is 10.5 Å². The van der Waals surface area contributed by atoms with E-state index in [1.165, 1.54) is 0 Å². The standard InChI is InChI=1S/C27H25N3O4/c1-17-24(18(2)34-29-17)16-33-25-14-20-8-4-3-7-19(20)13-23(25)27(32)28-21-9-5-10-22(15-21)30-12-6-11-26(30)31/h3-5,7-10,13-15H,6,11-12,16H2,1-2H3,(H,28,32). The molecule has 0 unspecified atom stereocenters. The number of aromatic nitrogens is 1. The molecular formula is C27H25N3O4. The maximum atomic E-state index is 13.4. The fourth-order valence-corrected chi connectivity index (χ4v) is 4.25. The van der Waals surface area contributed by atoms with E-state index in [9.17, 15) is 9.59 Å². The van der Waals surface area contributed by atoms with Crippen molar-refractivity contribution in [1.29, 1.82) is 0 Å². The smallest absolute Gasteiger partial charge is 0.259 e. The van der Waals surface area contributed by atoms with Crippen LogP contribution in [0.15, 0.2) is 65.2 Å². The molecule has 0 aliphatic carbocycles. The van der Waals surface area contributed by atoms with Gasteiger partial charge in [-0.2, -0.15) is 0 Å². The van der Waals surface area contributed by atoms with Gasteiger partial charge in [-0.15, -0.1) is 0 Å². The summed E-state index contributed by atoms with van der Waals surface area (Å²) in [4.78, 5) is 27.2. The van der Waals surface area contributed by atoms with Crippen LogP contribution in [0.25, 0.3) is 10.8 Å². The SMILES string of the molecule is Cc1noc(C)c1COc1cc2ccccc2cc1C(=O)Nc1cccc(N2CCCC2=O)c1. The van der Waals surface area contributed by atoms with Crippen LogP contribution in [-0.4, -0.2) is 23.5 Å². The summed E-state index contributed by atoms with van der Waals surface area (Å²) in [5.41, 5.74) is 3.45. The van der Waals surface area contributed by atoms with Gasteiger partial charge in [0.25, 0.3) is 5.91 Å². The average molecular weight is 456 g/mol. The highest BCUT2D eigenvalue weighted by molar-refractivity contribution is 6.09. The summed E-state index contributed by atoms with van der Waals surface area (Å²) in [7, 11) is 0. The summed E-state index contributed by atoms with van der Waals surface area (Å²) in [6, 6.07) is 18.9. The van der Waals surface area contributed by atoms with Gasteiger partial charge < -0.3 is 19.5 Å². The molecule has 2 amide bonds. The fourth-order valence-electron chi connectivity index (χ4n) is 4.25. The number of fused-ring (bicyclic) bond motifs is 1. The van der Waals surface area contributed by atoms with E-state index in [-0.39, 0.29) is 18.4 Å². The highest BCUT2D eigenvalue weighted by Gasteiger charge is 2.22. The molecule has 1 aromatic heterocycles. The lowest BCUT2D eigenvalue weighted by Crippen LogP contribution is -2.23. The molecule has 172 valence electrons. The zero-order valence-electron chi connectivity index (χ0n) is 19.1. The van der Waals surface area contributed by atoms with Crippen molar-refractivity contribution in [3.63, 3.8) is 0 Å². The number of aryl methyl sites for hydroxylation is 2. The predicted octanol–water partition coefficient (Wildman–Crippen LogP) is 5.40. The second-order valence-electron chi connectivity index (χ2n) is 8.44. The first-order valence-electron chi connectivity index (χ1n) is 11.3. The number of rotatable bonds is 6. The average Bonchev–Trinajstić information content (AvgIpc) is 3.41. The first-order valence-corrected chi connectivity index (χ1v) is 11.3. The van der Waals surface area contributed by atoms with Crippen molar-refractivity contribution in [2.24, 2.45) is 0 Å². The Kier molecular flexibility index (Phi) is 5.76. The first-order chi connectivity index (χ1) is 16.5. The molecule has 2 heterocycles. The summed E-state index contributed by atoms with van der Waals surface area (Å²) in [5.74, 6) is 0.983. The van der Waals surface area contributed by atoms with Crippen molar-refractivity contribution in [2.45, 2.75) is 33.3 Å². The van der Waals surface area contributed by atoms with Crippen molar-refractivity contribution in [1.82, 2.24) is 5.16 Å². The molecule has 5 rings (SSSR count). The number of carbonyl (C=O) groups excluding carboxylic acids is 2. The molecule has 0 bridgehead atoms. The second kappa shape index (κ2) is 9.02. The van der Waals surface area contributed by atoms with Gasteiger partial charge in [0.1, 0.15) is 18.1 Å². The third kappa shape index (κ3) is 4.24. The van der Waals surface area contributed by atoms with Gasteiger partial charge in [0.05, 0.1) is 16.8 Å².